The molecular weight excluding hydrogens is 241 g/mol. The van der Waals surface area contributed by atoms with Crippen LogP contribution in [0, 0.1) is 17.3 Å². The predicted octanol–water partition coefficient (Wildman–Crippen LogP) is 2.88. The quantitative estimate of drug-likeness (QED) is 0.851. The van der Waals surface area contributed by atoms with Crippen molar-refractivity contribution in [3.05, 3.63) is 0 Å². The Morgan fingerprint density at radius 1 is 1.17 bits per heavy atom. The largest absolute Gasteiger partial charge is 0.394 e. The van der Waals surface area contributed by atoms with Crippen molar-refractivity contribution in [3.8, 4) is 0 Å². The van der Waals surface area contributed by atoms with E-state index in [1.807, 2.05) is 4.90 Å². The Labute approximate surface area is 108 Å². The van der Waals surface area contributed by atoms with E-state index < -0.39 is 12.1 Å². The van der Waals surface area contributed by atoms with E-state index in [9.17, 15) is 13.2 Å². The van der Waals surface area contributed by atoms with Gasteiger partial charge in [0, 0.05) is 13.1 Å². The first kappa shape index (κ1) is 15.8. The number of piperidine rings is 1. The number of nitrogens with zero attached hydrogens (tertiary/aromatic N) is 1. The van der Waals surface area contributed by atoms with Gasteiger partial charge in [-0.25, -0.2) is 0 Å². The molecule has 1 unspecified atom stereocenters. The van der Waals surface area contributed by atoms with Crippen LogP contribution >= 0.6 is 0 Å². The summed E-state index contributed by atoms with van der Waals surface area (Å²) in [6.45, 7) is 7.85. The first-order valence-electron chi connectivity index (χ1n) is 6.63. The van der Waals surface area contributed by atoms with Crippen molar-refractivity contribution in [3.63, 3.8) is 0 Å². The van der Waals surface area contributed by atoms with Crippen molar-refractivity contribution < 1.29 is 13.2 Å². The molecule has 108 valence electrons. The third kappa shape index (κ3) is 4.43. The molecule has 0 spiro atoms. The molecule has 1 heterocycles. The SMILES string of the molecule is CC(C)(C)C1CCN(CC(CN)C(F)(F)F)CC1. The molecule has 1 rings (SSSR count). The summed E-state index contributed by atoms with van der Waals surface area (Å²) in [5.41, 5.74) is 5.48. The average molecular weight is 266 g/mol. The molecule has 1 atom stereocenters. The lowest BCUT2D eigenvalue weighted by molar-refractivity contribution is -0.177. The van der Waals surface area contributed by atoms with Crippen LogP contribution in [0.3, 0.4) is 0 Å². The molecule has 0 aromatic heterocycles. The van der Waals surface area contributed by atoms with Crippen molar-refractivity contribution in [2.45, 2.75) is 39.8 Å². The number of alkyl halides is 3. The molecule has 0 radical (unpaired) electrons. The number of halogens is 3. The van der Waals surface area contributed by atoms with Gasteiger partial charge in [0.25, 0.3) is 0 Å². The van der Waals surface area contributed by atoms with E-state index in [4.69, 9.17) is 5.73 Å². The van der Waals surface area contributed by atoms with Crippen LogP contribution in [-0.2, 0) is 0 Å². The van der Waals surface area contributed by atoms with E-state index >= 15 is 0 Å². The first-order chi connectivity index (χ1) is 8.14. The molecule has 0 amide bonds. The van der Waals surface area contributed by atoms with E-state index in [1.165, 1.54) is 0 Å². The van der Waals surface area contributed by atoms with E-state index in [1.54, 1.807) is 0 Å². The third-order valence-corrected chi connectivity index (χ3v) is 4.04. The van der Waals surface area contributed by atoms with Crippen LogP contribution in [0.15, 0.2) is 0 Å². The minimum atomic E-state index is -4.17. The van der Waals surface area contributed by atoms with Gasteiger partial charge in [0.1, 0.15) is 0 Å². The van der Waals surface area contributed by atoms with Crippen LogP contribution in [0.5, 0.6) is 0 Å². The van der Waals surface area contributed by atoms with E-state index in [0.29, 0.717) is 5.92 Å². The lowest BCUT2D eigenvalue weighted by Crippen LogP contribution is -2.45. The van der Waals surface area contributed by atoms with Crippen molar-refractivity contribution in [1.82, 2.24) is 4.90 Å². The predicted molar refractivity (Wildman–Crippen MR) is 67.2 cm³/mol. The van der Waals surface area contributed by atoms with Crippen LogP contribution in [0.4, 0.5) is 13.2 Å². The standard InChI is InChI=1S/C13H25F3N2/c1-12(2,3)10-4-6-18(7-5-10)9-11(8-17)13(14,15)16/h10-11H,4-9,17H2,1-3H3. The number of hydrogen-bond acceptors (Lipinski definition) is 2. The second-order valence-electron chi connectivity index (χ2n) is 6.42. The molecule has 5 heteroatoms. The number of likely N-dealkylation sites (tertiary alicyclic amines) is 1. The van der Waals surface area contributed by atoms with Gasteiger partial charge in [-0.3, -0.25) is 0 Å². The first-order valence-corrected chi connectivity index (χ1v) is 6.63. The van der Waals surface area contributed by atoms with Gasteiger partial charge in [-0.1, -0.05) is 20.8 Å². The number of rotatable bonds is 3. The molecule has 18 heavy (non-hydrogen) atoms. The normalized spacial score (nSPS) is 22.2. The Bertz CT molecular complexity index is 250. The van der Waals surface area contributed by atoms with Gasteiger partial charge in [-0.05, 0) is 37.3 Å². The summed E-state index contributed by atoms with van der Waals surface area (Å²) in [5, 5.41) is 0. The van der Waals surface area contributed by atoms with Gasteiger partial charge in [0.2, 0.25) is 0 Å². The second-order valence-corrected chi connectivity index (χ2v) is 6.42. The van der Waals surface area contributed by atoms with E-state index in [-0.39, 0.29) is 18.5 Å². The van der Waals surface area contributed by atoms with Crippen molar-refractivity contribution in [1.29, 1.82) is 0 Å². The smallest absolute Gasteiger partial charge is 0.330 e. The number of nitrogens with two attached hydrogens (primary N) is 1. The van der Waals surface area contributed by atoms with Gasteiger partial charge < -0.3 is 10.6 Å². The Morgan fingerprint density at radius 3 is 2.00 bits per heavy atom. The molecule has 0 aromatic carbocycles. The summed E-state index contributed by atoms with van der Waals surface area (Å²) in [6.07, 6.45) is -2.20. The molecule has 1 fully saturated rings. The molecule has 1 aliphatic heterocycles. The third-order valence-electron chi connectivity index (χ3n) is 4.04. The maximum absolute atomic E-state index is 12.6. The molecule has 0 aliphatic carbocycles. The van der Waals surface area contributed by atoms with E-state index in [2.05, 4.69) is 20.8 Å². The van der Waals surface area contributed by atoms with Crippen molar-refractivity contribution in [2.24, 2.45) is 23.0 Å². The highest BCUT2D eigenvalue weighted by molar-refractivity contribution is 4.82. The topological polar surface area (TPSA) is 29.3 Å². The molecule has 2 N–H and O–H groups in total. The monoisotopic (exact) mass is 266 g/mol. The van der Waals surface area contributed by atoms with Gasteiger partial charge in [-0.2, -0.15) is 13.2 Å². The molecule has 0 aromatic rings. The molecule has 2 nitrogen and oxygen atoms in total. The van der Waals surface area contributed by atoms with Crippen molar-refractivity contribution in [2.75, 3.05) is 26.2 Å². The van der Waals surface area contributed by atoms with Crippen LogP contribution in [0.25, 0.3) is 0 Å². The van der Waals surface area contributed by atoms with Crippen LogP contribution in [0.1, 0.15) is 33.6 Å². The lowest BCUT2D eigenvalue weighted by atomic mass is 9.75. The van der Waals surface area contributed by atoms with Crippen LogP contribution in [0.2, 0.25) is 0 Å². The Balaban J connectivity index is 2.44. The van der Waals surface area contributed by atoms with Gasteiger partial charge in [-0.15, -0.1) is 0 Å². The minimum Gasteiger partial charge on any atom is -0.330 e. The zero-order chi connectivity index (χ0) is 14.0. The van der Waals surface area contributed by atoms with Crippen LogP contribution < -0.4 is 5.73 Å². The maximum atomic E-state index is 12.6. The molecular formula is C13H25F3N2. The minimum absolute atomic E-state index is 0.0524. The molecule has 0 saturated carbocycles. The summed E-state index contributed by atoms with van der Waals surface area (Å²) in [6, 6.07) is 0. The van der Waals surface area contributed by atoms with Gasteiger partial charge in [0.05, 0.1) is 5.92 Å². The fraction of sp³-hybridized carbons (Fsp3) is 1.00. The Morgan fingerprint density at radius 2 is 1.67 bits per heavy atom. The fourth-order valence-corrected chi connectivity index (χ4v) is 2.60. The summed E-state index contributed by atoms with van der Waals surface area (Å²) in [4.78, 5) is 1.91. The average Bonchev–Trinajstić information content (AvgIpc) is 2.23. The van der Waals surface area contributed by atoms with Crippen LogP contribution in [-0.4, -0.2) is 37.3 Å². The summed E-state index contributed by atoms with van der Waals surface area (Å²) < 4.78 is 37.9. The zero-order valence-electron chi connectivity index (χ0n) is 11.6. The fourth-order valence-electron chi connectivity index (χ4n) is 2.60. The summed E-state index contributed by atoms with van der Waals surface area (Å²) >= 11 is 0. The number of hydrogen-bond donors (Lipinski definition) is 1. The molecule has 1 aliphatic rings. The Hall–Kier alpha value is -0.290. The van der Waals surface area contributed by atoms with Gasteiger partial charge in [0.15, 0.2) is 0 Å². The van der Waals surface area contributed by atoms with Crippen molar-refractivity contribution >= 4 is 0 Å². The summed E-state index contributed by atoms with van der Waals surface area (Å²) in [5.74, 6) is -0.778. The highest BCUT2D eigenvalue weighted by atomic mass is 19.4. The summed E-state index contributed by atoms with van der Waals surface area (Å²) in [7, 11) is 0. The molecule has 0 bridgehead atoms. The van der Waals surface area contributed by atoms with E-state index in [0.717, 1.165) is 25.9 Å². The lowest BCUT2D eigenvalue weighted by Gasteiger charge is -2.39. The molecule has 1 saturated heterocycles. The highest BCUT2D eigenvalue weighted by Gasteiger charge is 2.40. The second kappa shape index (κ2) is 5.78. The highest BCUT2D eigenvalue weighted by Crippen LogP contribution is 2.35. The van der Waals surface area contributed by atoms with Gasteiger partial charge >= 0.3 is 6.18 Å². The Kier molecular flexibility index (Phi) is 5.06. The zero-order valence-corrected chi connectivity index (χ0v) is 11.6. The maximum Gasteiger partial charge on any atom is 0.394 e.